The second kappa shape index (κ2) is 26.2. The summed E-state index contributed by atoms with van der Waals surface area (Å²) >= 11 is 8.08. The van der Waals surface area contributed by atoms with E-state index < -0.39 is 56.4 Å². The number of amides is 4. The van der Waals surface area contributed by atoms with Crippen LogP contribution in [0.25, 0.3) is 10.4 Å². The average molecular weight is 1130 g/mol. The van der Waals surface area contributed by atoms with Crippen LogP contribution in [0, 0.1) is 19.3 Å². The number of aryl methyl sites for hydroxylation is 2. The molecule has 0 aliphatic carbocycles. The molecule has 0 bridgehead atoms. The Morgan fingerprint density at radius 1 is 0.923 bits per heavy atom. The Morgan fingerprint density at radius 2 is 1.64 bits per heavy atom. The number of piperidine rings is 1. The molecule has 0 spiro atoms. The number of carbonyl (C=O) groups is 4. The summed E-state index contributed by atoms with van der Waals surface area (Å²) in [5.41, 5.74) is 7.10. The maximum atomic E-state index is 14.1. The van der Waals surface area contributed by atoms with E-state index in [1.165, 1.54) is 11.1 Å². The molecule has 0 radical (unpaired) electrons. The molecule has 2 aromatic heterocycles. The van der Waals surface area contributed by atoms with Gasteiger partial charge in [-0.1, -0.05) is 68.8 Å². The van der Waals surface area contributed by atoms with Gasteiger partial charge in [0.15, 0.2) is 15.7 Å². The molecule has 7 rings (SSSR count). The Morgan fingerprint density at radius 3 is 2.31 bits per heavy atom. The molecule has 420 valence electrons. The summed E-state index contributed by atoms with van der Waals surface area (Å²) in [6, 6.07) is 16.6. The van der Waals surface area contributed by atoms with E-state index in [0.717, 1.165) is 45.7 Å². The number of anilines is 4. The highest BCUT2D eigenvalue weighted by Gasteiger charge is 2.44. The van der Waals surface area contributed by atoms with Crippen molar-refractivity contribution < 1.29 is 42.2 Å². The fourth-order valence-corrected chi connectivity index (χ4v) is 11.7. The van der Waals surface area contributed by atoms with Crippen molar-refractivity contribution >= 4 is 79.5 Å². The minimum Gasteiger partial charge on any atom is -0.489 e. The van der Waals surface area contributed by atoms with Crippen LogP contribution in [0.5, 0.6) is 5.75 Å². The Hall–Kier alpha value is -6.23. The van der Waals surface area contributed by atoms with E-state index in [-0.39, 0.29) is 85.4 Å². The molecule has 78 heavy (non-hydrogen) atoms. The van der Waals surface area contributed by atoms with E-state index in [9.17, 15) is 32.7 Å². The summed E-state index contributed by atoms with van der Waals surface area (Å²) in [6.07, 6.45) is 2.11. The third-order valence-electron chi connectivity index (χ3n) is 13.7. The molecule has 6 N–H and O–H groups in total. The van der Waals surface area contributed by atoms with E-state index in [0.29, 0.717) is 30.2 Å². The number of aliphatic hydroxyl groups excluding tert-OH is 1. The topological polar surface area (TPSA) is 246 Å². The summed E-state index contributed by atoms with van der Waals surface area (Å²) in [5, 5.41) is 25.2. The van der Waals surface area contributed by atoms with Crippen molar-refractivity contribution in [2.24, 2.45) is 5.41 Å². The number of nitrogens with one attached hydrogen (secondary N) is 5. The summed E-state index contributed by atoms with van der Waals surface area (Å²) in [4.78, 5) is 71.8. The van der Waals surface area contributed by atoms with Crippen molar-refractivity contribution in [1.29, 1.82) is 0 Å². The first kappa shape index (κ1) is 59.4. The van der Waals surface area contributed by atoms with Gasteiger partial charge in [-0.3, -0.25) is 24.1 Å². The average Bonchev–Trinajstić information content (AvgIpc) is 4.04. The molecular weight excluding hydrogens is 1060 g/mol. The van der Waals surface area contributed by atoms with Crippen molar-refractivity contribution in [1.82, 2.24) is 40.7 Å². The molecule has 3 aromatic carbocycles. The molecule has 2 aliphatic rings. The molecule has 2 saturated heterocycles. The largest absolute Gasteiger partial charge is 0.489 e. The van der Waals surface area contributed by atoms with Gasteiger partial charge in [0.2, 0.25) is 29.6 Å². The number of thiazole rings is 1. The van der Waals surface area contributed by atoms with Crippen molar-refractivity contribution in [2.75, 3.05) is 56.6 Å². The highest BCUT2D eigenvalue weighted by Crippen LogP contribution is 2.39. The standard InChI is InChI=1S/C56H73ClN10O9S2/c1-33(2)76-46-26-41(35(5)24-44(46)63-55-60-28-42(57)52(65-55)62-43-12-10-11-13-47(43)78(73,74)34(3)4)38-18-21-66(22-19-38)30-48(69)58-20-23-75-31-49(70)64-51(56(7,8)9)54(72)67-29-40(68)25-45(67)53(71)59-27-37-14-16-39(17-15-37)50-36(6)61-32-77-50/h10-17,24,26,28,32-34,38,40,45,51,68H,18-23,25,27,29-31H2,1-9H3,(H,58,69)(H,59,71)(H,64,70)(H2,60,62,63,65)/t40-,45+,51?/m1/s1. The summed E-state index contributed by atoms with van der Waals surface area (Å²) in [7, 11) is -3.61. The highest BCUT2D eigenvalue weighted by molar-refractivity contribution is 7.92. The Labute approximate surface area is 466 Å². The third-order valence-corrected chi connectivity index (χ3v) is 17.2. The fourth-order valence-electron chi connectivity index (χ4n) is 9.50. The first-order chi connectivity index (χ1) is 37.0. The number of halogens is 1. The van der Waals surface area contributed by atoms with Crippen LogP contribution < -0.4 is 31.3 Å². The second-order valence-corrected chi connectivity index (χ2v) is 25.2. The summed E-state index contributed by atoms with van der Waals surface area (Å²) in [6.45, 7) is 18.3. The van der Waals surface area contributed by atoms with Crippen LogP contribution in [-0.2, 0) is 40.3 Å². The molecule has 2 aliphatic heterocycles. The highest BCUT2D eigenvalue weighted by atomic mass is 35.5. The number of nitrogens with zero attached hydrogens (tertiary/aromatic N) is 5. The second-order valence-electron chi connectivity index (χ2n) is 21.5. The lowest BCUT2D eigenvalue weighted by Crippen LogP contribution is -2.58. The van der Waals surface area contributed by atoms with Gasteiger partial charge in [0.25, 0.3) is 0 Å². The van der Waals surface area contributed by atoms with Crippen molar-refractivity contribution in [3.8, 4) is 16.2 Å². The number of sulfone groups is 1. The van der Waals surface area contributed by atoms with Gasteiger partial charge in [0.05, 0.1) is 69.2 Å². The van der Waals surface area contributed by atoms with E-state index >= 15 is 0 Å². The van der Waals surface area contributed by atoms with Gasteiger partial charge >= 0.3 is 0 Å². The van der Waals surface area contributed by atoms with Crippen LogP contribution in [0.3, 0.4) is 0 Å². The number of likely N-dealkylation sites (tertiary alicyclic amines) is 2. The Bertz CT molecular complexity index is 3030. The van der Waals surface area contributed by atoms with Gasteiger partial charge in [-0.2, -0.15) is 4.98 Å². The maximum Gasteiger partial charge on any atom is 0.246 e. The number of aromatic nitrogens is 3. The molecule has 4 heterocycles. The smallest absolute Gasteiger partial charge is 0.246 e. The van der Waals surface area contributed by atoms with E-state index in [1.807, 2.05) is 78.8 Å². The normalized spacial score (nSPS) is 16.8. The van der Waals surface area contributed by atoms with Crippen LogP contribution in [0.1, 0.15) is 96.0 Å². The third kappa shape index (κ3) is 15.3. The number of carbonyl (C=O) groups excluding carboxylic acids is 4. The van der Waals surface area contributed by atoms with Gasteiger partial charge in [0.1, 0.15) is 29.5 Å². The number of benzene rings is 3. The minimum absolute atomic E-state index is 0.0444. The fraction of sp³-hybridized carbons (Fsp3) is 0.482. The Kier molecular flexibility index (Phi) is 19.9. The first-order valence-electron chi connectivity index (χ1n) is 26.3. The maximum absolute atomic E-state index is 14.1. The molecule has 2 fully saturated rings. The quantitative estimate of drug-likeness (QED) is 0.0369. The number of hydrogen-bond acceptors (Lipinski definition) is 16. The first-order valence-corrected chi connectivity index (χ1v) is 29.1. The van der Waals surface area contributed by atoms with Crippen molar-refractivity contribution in [3.05, 3.63) is 99.8 Å². The van der Waals surface area contributed by atoms with Crippen LogP contribution in [0.2, 0.25) is 5.02 Å². The molecule has 4 amide bonds. The lowest BCUT2D eigenvalue weighted by atomic mass is 9.85. The predicted molar refractivity (Wildman–Crippen MR) is 303 cm³/mol. The molecular formula is C56H73ClN10O9S2. The number of ether oxygens (including phenoxy) is 2. The van der Waals surface area contributed by atoms with Crippen LogP contribution in [-0.4, -0.2) is 137 Å². The number of β-amino-alcohol motifs (C(OH)–C–C–N with tert-alkyl or cyclic N) is 1. The molecule has 22 heteroatoms. The molecule has 1 unspecified atom stereocenters. The number of rotatable bonds is 22. The van der Waals surface area contributed by atoms with E-state index in [4.69, 9.17) is 21.1 Å². The zero-order valence-corrected chi connectivity index (χ0v) is 48.2. The lowest BCUT2D eigenvalue weighted by molar-refractivity contribution is -0.144. The monoisotopic (exact) mass is 1130 g/mol. The van der Waals surface area contributed by atoms with Gasteiger partial charge < -0.3 is 46.1 Å². The van der Waals surface area contributed by atoms with Crippen LogP contribution in [0.15, 0.2) is 77.3 Å². The van der Waals surface area contributed by atoms with E-state index in [1.54, 1.807) is 55.0 Å². The molecule has 3 atom stereocenters. The van der Waals surface area contributed by atoms with Gasteiger partial charge in [-0.25, -0.2) is 18.4 Å². The van der Waals surface area contributed by atoms with Gasteiger partial charge in [-0.15, -0.1) is 11.3 Å². The number of hydrogen-bond donors (Lipinski definition) is 6. The number of para-hydroxylation sites is 1. The molecule has 0 saturated carbocycles. The van der Waals surface area contributed by atoms with Gasteiger partial charge in [-0.05, 0) is 125 Å². The zero-order chi connectivity index (χ0) is 56.5. The SMILES string of the molecule is Cc1cc(Nc2ncc(Cl)c(Nc3ccccc3S(=O)(=O)C(C)C)n2)c(OC(C)C)cc1C1CCN(CC(=O)NCCOCC(=O)NC(C(=O)N2C[C@H](O)C[C@H]2C(=O)NCc2ccc(-c3scnc3C)cc2)C(C)(C)C)CC1. The van der Waals surface area contributed by atoms with Gasteiger partial charge in [0, 0.05) is 26.1 Å². The number of aliphatic hydroxyl groups is 1. The lowest BCUT2D eigenvalue weighted by Gasteiger charge is -2.35. The molecule has 19 nitrogen and oxygen atoms in total. The van der Waals surface area contributed by atoms with Crippen molar-refractivity contribution in [3.63, 3.8) is 0 Å². The van der Waals surface area contributed by atoms with Crippen LogP contribution >= 0.6 is 22.9 Å². The molecule has 5 aromatic rings. The summed E-state index contributed by atoms with van der Waals surface area (Å²) in [5.74, 6) is -0.277. The zero-order valence-electron chi connectivity index (χ0n) is 45.8. The minimum atomic E-state index is -3.61. The predicted octanol–water partition coefficient (Wildman–Crippen LogP) is 7.45. The van der Waals surface area contributed by atoms with E-state index in [2.05, 4.69) is 52.5 Å². The summed E-state index contributed by atoms with van der Waals surface area (Å²) < 4.78 is 38.2. The van der Waals surface area contributed by atoms with Crippen LogP contribution in [0.4, 0.5) is 23.1 Å². The Balaban J connectivity index is 0.853. The van der Waals surface area contributed by atoms with Crippen molar-refractivity contribution in [2.45, 2.75) is 128 Å².